The summed E-state index contributed by atoms with van der Waals surface area (Å²) in [6.07, 6.45) is 6.77. The highest BCUT2D eigenvalue weighted by Gasteiger charge is 2.47. The van der Waals surface area contributed by atoms with Gasteiger partial charge < -0.3 is 0 Å². The minimum absolute atomic E-state index is 0.242. The molecule has 0 amide bonds. The van der Waals surface area contributed by atoms with Gasteiger partial charge in [0, 0.05) is 6.42 Å². The van der Waals surface area contributed by atoms with Gasteiger partial charge in [-0.1, -0.05) is 18.2 Å². The van der Waals surface area contributed by atoms with Crippen molar-refractivity contribution in [2.45, 2.75) is 39.2 Å². The van der Waals surface area contributed by atoms with Gasteiger partial charge in [0.1, 0.15) is 0 Å². The molecule has 1 fully saturated rings. The summed E-state index contributed by atoms with van der Waals surface area (Å²) in [6.45, 7) is 13.0. The lowest BCUT2D eigenvalue weighted by Crippen LogP contribution is -2.35. The number of hydrogen-bond donors (Lipinski definition) is 0. The largest absolute Gasteiger partial charge is 0.177 e. The lowest BCUT2D eigenvalue weighted by molar-refractivity contribution is 0.396. The first kappa shape index (κ1) is 10.5. The van der Waals surface area contributed by atoms with E-state index in [0.717, 1.165) is 0 Å². The third kappa shape index (κ3) is 3.00. The second-order valence-corrected chi connectivity index (χ2v) is 4.37. The van der Waals surface area contributed by atoms with Crippen LogP contribution in [0.3, 0.4) is 0 Å². The molecule has 1 saturated heterocycles. The number of allylic oxidation sites excluding steroid dienone is 2. The Morgan fingerprint density at radius 2 is 2.08 bits per heavy atom. The molecule has 0 aromatic heterocycles. The quantitative estimate of drug-likeness (QED) is 0.348. The molecule has 1 heterocycles. The van der Waals surface area contributed by atoms with Gasteiger partial charge in [0.05, 0.1) is 0 Å². The van der Waals surface area contributed by atoms with Crippen LogP contribution in [0.15, 0.2) is 24.3 Å². The van der Waals surface area contributed by atoms with Gasteiger partial charge in [0.15, 0.2) is 18.6 Å². The molecule has 1 radical (unpaired) electrons. The van der Waals surface area contributed by atoms with Gasteiger partial charge in [0.25, 0.3) is 0 Å². The molecule has 0 aromatic carbocycles. The van der Waals surface area contributed by atoms with E-state index in [0.29, 0.717) is 0 Å². The average Bonchev–Trinajstić information content (AvgIpc) is 2.85. The number of hydrogen-bond acceptors (Lipinski definition) is 1. The van der Waals surface area contributed by atoms with Crippen molar-refractivity contribution in [3.8, 4) is 0 Å². The third-order valence-electron chi connectivity index (χ3n) is 2.81. The van der Waals surface area contributed by atoms with Crippen molar-refractivity contribution in [1.82, 2.24) is 4.90 Å². The molecule has 1 nitrogen and oxygen atoms in total. The fraction of sp³-hybridized carbons (Fsp3) is 0.667. The van der Waals surface area contributed by atoms with Crippen LogP contribution in [0.5, 0.6) is 0 Å². The van der Waals surface area contributed by atoms with E-state index in [-0.39, 0.29) is 5.54 Å². The Morgan fingerprint density at radius 3 is 2.46 bits per heavy atom. The average molecular weight is 179 g/mol. The molecule has 0 spiro atoms. The molecule has 1 unspecified atom stereocenters. The number of rotatable bonds is 5. The molecule has 1 atom stereocenters. The first-order valence-corrected chi connectivity index (χ1v) is 5.10. The molecule has 0 saturated carbocycles. The Labute approximate surface area is 82.1 Å². The summed E-state index contributed by atoms with van der Waals surface area (Å²) in [5.41, 5.74) is 1.66. The summed E-state index contributed by atoms with van der Waals surface area (Å²) in [5.74, 6) is 0. The van der Waals surface area contributed by atoms with Crippen LogP contribution in [0.2, 0.25) is 0 Å². The van der Waals surface area contributed by atoms with Crippen LogP contribution in [0.4, 0.5) is 0 Å². The Hall–Kier alpha value is -0.560. The molecule has 0 N–H and O–H groups in total. The first-order chi connectivity index (χ1) is 6.08. The van der Waals surface area contributed by atoms with Crippen LogP contribution in [0.25, 0.3) is 0 Å². The summed E-state index contributed by atoms with van der Waals surface area (Å²) < 4.78 is 0. The van der Waals surface area contributed by atoms with E-state index >= 15 is 0 Å². The summed E-state index contributed by atoms with van der Waals surface area (Å²) in [7, 11) is 0. The van der Waals surface area contributed by atoms with Gasteiger partial charge in [-0.25, -0.2) is 0 Å². The highest BCUT2D eigenvalue weighted by Crippen LogP contribution is 2.25. The molecule has 0 bridgehead atoms. The Morgan fingerprint density at radius 1 is 1.46 bits per heavy atom. The molecule has 1 heteroatoms. The lowest BCUT2D eigenvalue weighted by Gasteiger charge is -2.17. The molecule has 0 aromatic rings. The van der Waals surface area contributed by atoms with Crippen molar-refractivity contribution in [3.63, 3.8) is 0 Å². The topological polar surface area (TPSA) is 5.90 Å². The van der Waals surface area contributed by atoms with Gasteiger partial charge in [0.2, 0.25) is 0 Å². The highest BCUT2D eigenvalue weighted by molar-refractivity contribution is 5.10. The van der Waals surface area contributed by atoms with Crippen molar-refractivity contribution in [2.24, 2.45) is 0 Å². The SMILES string of the molecule is C=CC(C)(CCC=C(C)C)[N+]1CC1. The van der Waals surface area contributed by atoms with E-state index in [9.17, 15) is 0 Å². The molecule has 1 rings (SSSR count). The van der Waals surface area contributed by atoms with E-state index in [4.69, 9.17) is 0 Å². The minimum Gasteiger partial charge on any atom is -0.150 e. The normalized spacial score (nSPS) is 20.5. The minimum atomic E-state index is 0.242. The predicted molar refractivity (Wildman–Crippen MR) is 59.1 cm³/mol. The van der Waals surface area contributed by atoms with Crippen molar-refractivity contribution in [1.29, 1.82) is 0 Å². The Bertz CT molecular complexity index is 209. The standard InChI is InChI=1S/C12H21N/c1-5-12(4,13-9-10-13)8-6-7-11(2)3/h5,7H,1,6,8-10H2,2-4H3/q+1. The highest BCUT2D eigenvalue weighted by atomic mass is 15.3. The maximum absolute atomic E-state index is 3.93. The van der Waals surface area contributed by atoms with E-state index in [1.54, 1.807) is 0 Å². The first-order valence-electron chi connectivity index (χ1n) is 5.10. The zero-order chi connectivity index (χ0) is 9.90. The molecular weight excluding hydrogens is 158 g/mol. The van der Waals surface area contributed by atoms with Crippen LogP contribution < -0.4 is 4.90 Å². The molecule has 1 aliphatic heterocycles. The summed E-state index contributed by atoms with van der Waals surface area (Å²) >= 11 is 0. The van der Waals surface area contributed by atoms with Crippen LogP contribution in [0.1, 0.15) is 33.6 Å². The van der Waals surface area contributed by atoms with Gasteiger partial charge in [-0.05, 0) is 33.3 Å². The zero-order valence-electron chi connectivity index (χ0n) is 9.14. The van der Waals surface area contributed by atoms with E-state index in [1.165, 1.54) is 31.5 Å². The van der Waals surface area contributed by atoms with Crippen molar-refractivity contribution in [3.05, 3.63) is 24.3 Å². The van der Waals surface area contributed by atoms with Crippen LogP contribution >= 0.6 is 0 Å². The Kier molecular flexibility index (Phi) is 3.32. The smallest absolute Gasteiger partial charge is 0.150 e. The van der Waals surface area contributed by atoms with E-state index in [1.807, 2.05) is 0 Å². The molecule has 0 aliphatic carbocycles. The van der Waals surface area contributed by atoms with Crippen molar-refractivity contribution < 1.29 is 0 Å². The third-order valence-corrected chi connectivity index (χ3v) is 2.81. The summed E-state index contributed by atoms with van der Waals surface area (Å²) in [5, 5.41) is 0. The molecule has 13 heavy (non-hydrogen) atoms. The Balaban J connectivity index is 2.39. The maximum Gasteiger partial charge on any atom is 0.177 e. The van der Waals surface area contributed by atoms with Gasteiger partial charge in [-0.3, -0.25) is 0 Å². The predicted octanol–water partition coefficient (Wildman–Crippen LogP) is 2.83. The maximum atomic E-state index is 3.93. The monoisotopic (exact) mass is 179 g/mol. The second kappa shape index (κ2) is 4.10. The molecular formula is C12H21N+. The van der Waals surface area contributed by atoms with E-state index < -0.39 is 0 Å². The second-order valence-electron chi connectivity index (χ2n) is 4.37. The molecule has 73 valence electrons. The van der Waals surface area contributed by atoms with Gasteiger partial charge >= 0.3 is 0 Å². The summed E-state index contributed by atoms with van der Waals surface area (Å²) in [6, 6.07) is 0. The van der Waals surface area contributed by atoms with Crippen molar-refractivity contribution in [2.75, 3.05) is 13.1 Å². The fourth-order valence-electron chi connectivity index (χ4n) is 1.60. The van der Waals surface area contributed by atoms with Gasteiger partial charge in [-0.2, -0.15) is 0 Å². The summed E-state index contributed by atoms with van der Waals surface area (Å²) in [4.78, 5) is 2.47. The van der Waals surface area contributed by atoms with E-state index in [2.05, 4.69) is 44.4 Å². The van der Waals surface area contributed by atoms with Crippen LogP contribution in [-0.4, -0.2) is 18.6 Å². The number of nitrogens with zero attached hydrogens (tertiary/aromatic N) is 1. The van der Waals surface area contributed by atoms with Crippen LogP contribution in [0, 0.1) is 0 Å². The van der Waals surface area contributed by atoms with Gasteiger partial charge in [-0.15, -0.1) is 4.90 Å². The van der Waals surface area contributed by atoms with Crippen LogP contribution in [-0.2, 0) is 0 Å². The van der Waals surface area contributed by atoms with Crippen molar-refractivity contribution >= 4 is 0 Å². The fourth-order valence-corrected chi connectivity index (χ4v) is 1.60. The zero-order valence-corrected chi connectivity index (χ0v) is 9.14. The lowest BCUT2D eigenvalue weighted by atomic mass is 9.95. The molecule has 1 aliphatic rings.